The van der Waals surface area contributed by atoms with Crippen molar-refractivity contribution in [3.05, 3.63) is 65.7 Å². The molecule has 3 rings (SSSR count). The lowest BCUT2D eigenvalue weighted by molar-refractivity contribution is 0.102. The first kappa shape index (κ1) is 13.2. The number of carbonyl (C=O) groups excluding carboxylic acids is 1. The smallest absolute Gasteiger partial charge is 0.255 e. The summed E-state index contributed by atoms with van der Waals surface area (Å²) in [6.07, 6.45) is 3.17. The summed E-state index contributed by atoms with van der Waals surface area (Å²) in [5.41, 5.74) is 3.06. The first-order chi connectivity index (χ1) is 10.1. The Morgan fingerprint density at radius 2 is 1.81 bits per heavy atom. The molecule has 1 amide bonds. The third-order valence-electron chi connectivity index (χ3n) is 3.18. The number of fused-ring (bicyclic) bond motifs is 1. The van der Waals surface area contributed by atoms with Crippen LogP contribution in [0.5, 0.6) is 0 Å². The minimum atomic E-state index is -0.389. The zero-order valence-electron chi connectivity index (χ0n) is 11.3. The van der Waals surface area contributed by atoms with Gasteiger partial charge in [0.05, 0.1) is 11.0 Å². The van der Waals surface area contributed by atoms with Crippen LogP contribution in [0.1, 0.15) is 15.9 Å². The summed E-state index contributed by atoms with van der Waals surface area (Å²) in [7, 11) is 0. The van der Waals surface area contributed by atoms with E-state index in [4.69, 9.17) is 0 Å². The molecule has 3 aromatic rings. The molecule has 0 aliphatic carbocycles. The number of hydrogen-bond donors (Lipinski definition) is 1. The number of hydrogen-bond acceptors (Lipinski definition) is 3. The van der Waals surface area contributed by atoms with E-state index >= 15 is 0 Å². The minimum Gasteiger partial charge on any atom is -0.322 e. The van der Waals surface area contributed by atoms with Gasteiger partial charge in [-0.3, -0.25) is 14.8 Å². The summed E-state index contributed by atoms with van der Waals surface area (Å²) in [5.74, 6) is -0.698. The van der Waals surface area contributed by atoms with Crippen molar-refractivity contribution in [3.8, 4) is 0 Å². The Balaban J connectivity index is 1.91. The number of anilines is 1. The largest absolute Gasteiger partial charge is 0.322 e. The number of rotatable bonds is 2. The van der Waals surface area contributed by atoms with E-state index < -0.39 is 0 Å². The van der Waals surface area contributed by atoms with E-state index in [0.717, 1.165) is 11.1 Å². The van der Waals surface area contributed by atoms with Gasteiger partial charge in [-0.25, -0.2) is 4.39 Å². The Morgan fingerprint density at radius 1 is 1.05 bits per heavy atom. The molecule has 4 nitrogen and oxygen atoms in total. The quantitative estimate of drug-likeness (QED) is 0.784. The van der Waals surface area contributed by atoms with Gasteiger partial charge in [-0.05, 0) is 42.8 Å². The predicted molar refractivity (Wildman–Crippen MR) is 78.6 cm³/mol. The monoisotopic (exact) mass is 281 g/mol. The van der Waals surface area contributed by atoms with Crippen LogP contribution in [0.15, 0.2) is 48.8 Å². The lowest BCUT2D eigenvalue weighted by Crippen LogP contribution is -2.13. The van der Waals surface area contributed by atoms with Gasteiger partial charge in [0.2, 0.25) is 0 Å². The van der Waals surface area contributed by atoms with Crippen molar-refractivity contribution >= 4 is 22.6 Å². The van der Waals surface area contributed by atoms with Crippen LogP contribution in [-0.4, -0.2) is 15.9 Å². The molecule has 104 valence electrons. The topological polar surface area (TPSA) is 54.9 Å². The van der Waals surface area contributed by atoms with E-state index in [1.54, 1.807) is 43.6 Å². The predicted octanol–water partition coefficient (Wildman–Crippen LogP) is 3.33. The second kappa shape index (κ2) is 5.28. The lowest BCUT2D eigenvalue weighted by Gasteiger charge is -2.08. The number of nitrogens with zero attached hydrogens (tertiary/aromatic N) is 2. The lowest BCUT2D eigenvalue weighted by atomic mass is 10.1. The van der Waals surface area contributed by atoms with Gasteiger partial charge >= 0.3 is 0 Å². The number of benzene rings is 2. The van der Waals surface area contributed by atoms with Gasteiger partial charge < -0.3 is 5.32 Å². The number of aryl methyl sites for hydroxylation is 1. The van der Waals surface area contributed by atoms with Crippen LogP contribution in [0.3, 0.4) is 0 Å². The molecule has 0 unspecified atom stereocenters. The van der Waals surface area contributed by atoms with Crippen molar-refractivity contribution in [1.29, 1.82) is 0 Å². The van der Waals surface area contributed by atoms with Crippen LogP contribution in [0.4, 0.5) is 10.1 Å². The van der Waals surface area contributed by atoms with Gasteiger partial charge in [0, 0.05) is 23.6 Å². The fraction of sp³-hybridized carbons (Fsp3) is 0.0625. The highest BCUT2D eigenvalue weighted by atomic mass is 19.1. The molecule has 5 heteroatoms. The van der Waals surface area contributed by atoms with Crippen molar-refractivity contribution in [3.63, 3.8) is 0 Å². The van der Waals surface area contributed by atoms with Crippen molar-refractivity contribution in [2.45, 2.75) is 6.92 Å². The van der Waals surface area contributed by atoms with E-state index in [0.29, 0.717) is 16.8 Å². The third kappa shape index (κ3) is 2.72. The van der Waals surface area contributed by atoms with Gasteiger partial charge in [-0.1, -0.05) is 6.07 Å². The third-order valence-corrected chi connectivity index (χ3v) is 3.18. The number of nitrogens with one attached hydrogen (secondary N) is 1. The number of carbonyl (C=O) groups is 1. The molecule has 0 saturated carbocycles. The maximum absolute atomic E-state index is 13.2. The Labute approximate surface area is 120 Å². The fourth-order valence-corrected chi connectivity index (χ4v) is 2.03. The highest BCUT2D eigenvalue weighted by Gasteiger charge is 2.09. The zero-order chi connectivity index (χ0) is 14.8. The molecular formula is C16H12FN3O. The summed E-state index contributed by atoms with van der Waals surface area (Å²) >= 11 is 0. The van der Waals surface area contributed by atoms with Crippen LogP contribution in [0.25, 0.3) is 11.0 Å². The SMILES string of the molecule is Cc1ccc(F)cc1NC(=O)c1ccc2nccnc2c1. The van der Waals surface area contributed by atoms with Crippen LogP contribution in [0, 0.1) is 12.7 Å². The summed E-state index contributed by atoms with van der Waals surface area (Å²) in [4.78, 5) is 20.5. The summed E-state index contributed by atoms with van der Waals surface area (Å²) in [6.45, 7) is 1.81. The van der Waals surface area contributed by atoms with Crippen LogP contribution in [0.2, 0.25) is 0 Å². The second-order valence-electron chi connectivity index (χ2n) is 4.67. The van der Waals surface area contributed by atoms with Crippen molar-refractivity contribution in [1.82, 2.24) is 9.97 Å². The van der Waals surface area contributed by atoms with Gasteiger partial charge in [-0.15, -0.1) is 0 Å². The summed E-state index contributed by atoms with van der Waals surface area (Å²) < 4.78 is 13.2. The maximum atomic E-state index is 13.2. The number of halogens is 1. The van der Waals surface area contributed by atoms with Crippen LogP contribution in [-0.2, 0) is 0 Å². The molecule has 0 bridgehead atoms. The molecule has 0 aliphatic rings. The maximum Gasteiger partial charge on any atom is 0.255 e. The van der Waals surface area contributed by atoms with Gasteiger partial charge in [0.25, 0.3) is 5.91 Å². The Hall–Kier alpha value is -2.82. The van der Waals surface area contributed by atoms with Gasteiger partial charge in [-0.2, -0.15) is 0 Å². The molecular weight excluding hydrogens is 269 g/mol. The molecule has 0 aliphatic heterocycles. The van der Waals surface area contributed by atoms with E-state index in [2.05, 4.69) is 15.3 Å². The number of amides is 1. The van der Waals surface area contributed by atoms with Crippen LogP contribution >= 0.6 is 0 Å². The average molecular weight is 281 g/mol. The molecule has 1 N–H and O–H groups in total. The summed E-state index contributed by atoms with van der Waals surface area (Å²) in [6, 6.07) is 9.34. The molecule has 2 aromatic carbocycles. The van der Waals surface area contributed by atoms with Crippen molar-refractivity contribution in [2.75, 3.05) is 5.32 Å². The molecule has 1 aromatic heterocycles. The van der Waals surface area contributed by atoms with Crippen molar-refractivity contribution in [2.24, 2.45) is 0 Å². The molecule has 0 spiro atoms. The minimum absolute atomic E-state index is 0.309. The molecule has 1 heterocycles. The Bertz CT molecular complexity index is 833. The average Bonchev–Trinajstić information content (AvgIpc) is 2.50. The molecule has 0 radical (unpaired) electrons. The van der Waals surface area contributed by atoms with E-state index in [9.17, 15) is 9.18 Å². The van der Waals surface area contributed by atoms with E-state index in [1.165, 1.54) is 12.1 Å². The highest BCUT2D eigenvalue weighted by molar-refractivity contribution is 6.06. The molecule has 0 fully saturated rings. The zero-order valence-corrected chi connectivity index (χ0v) is 11.3. The van der Waals surface area contributed by atoms with E-state index in [1.807, 2.05) is 0 Å². The first-order valence-electron chi connectivity index (χ1n) is 6.42. The van der Waals surface area contributed by atoms with Crippen molar-refractivity contribution < 1.29 is 9.18 Å². The van der Waals surface area contributed by atoms with Gasteiger partial charge in [0.15, 0.2) is 0 Å². The molecule has 0 atom stereocenters. The normalized spacial score (nSPS) is 10.6. The van der Waals surface area contributed by atoms with E-state index in [-0.39, 0.29) is 11.7 Å². The Kier molecular flexibility index (Phi) is 3.31. The Morgan fingerprint density at radius 3 is 2.62 bits per heavy atom. The first-order valence-corrected chi connectivity index (χ1v) is 6.42. The summed E-state index contributed by atoms with van der Waals surface area (Å²) in [5, 5.41) is 2.70. The number of aromatic nitrogens is 2. The van der Waals surface area contributed by atoms with Crippen LogP contribution < -0.4 is 5.32 Å². The second-order valence-corrected chi connectivity index (χ2v) is 4.67. The fourth-order valence-electron chi connectivity index (χ4n) is 2.03. The highest BCUT2D eigenvalue weighted by Crippen LogP contribution is 2.18. The van der Waals surface area contributed by atoms with Gasteiger partial charge in [0.1, 0.15) is 5.82 Å². The molecule has 21 heavy (non-hydrogen) atoms. The molecule has 0 saturated heterocycles. The standard InChI is InChI=1S/C16H12FN3O/c1-10-2-4-12(17)9-14(10)20-16(21)11-3-5-13-15(8-11)19-7-6-18-13/h2-9H,1H3,(H,20,21).